The highest BCUT2D eigenvalue weighted by molar-refractivity contribution is 6.11. The molecule has 0 N–H and O–H groups in total. The fourth-order valence-corrected chi connectivity index (χ4v) is 10.2. The van der Waals surface area contributed by atoms with Crippen LogP contribution in [0.2, 0.25) is 0 Å². The quantitative estimate of drug-likeness (QED) is 0.140. The van der Waals surface area contributed by atoms with Crippen LogP contribution in [-0.4, -0.2) is 4.57 Å². The minimum atomic E-state index is -0.539. The number of rotatable bonds is 8. The van der Waals surface area contributed by atoms with Gasteiger partial charge in [0.2, 0.25) is 0 Å². The van der Waals surface area contributed by atoms with Gasteiger partial charge in [0.1, 0.15) is 0 Å². The second-order valence-electron chi connectivity index (χ2n) is 16.5. The van der Waals surface area contributed by atoms with Crippen molar-refractivity contribution >= 4 is 38.9 Å². The van der Waals surface area contributed by atoms with E-state index in [9.17, 15) is 0 Å². The first-order chi connectivity index (χ1) is 29.5. The topological polar surface area (TPSA) is 8.17 Å². The van der Waals surface area contributed by atoms with E-state index >= 15 is 0 Å². The lowest BCUT2D eigenvalue weighted by molar-refractivity contribution is 0.660. The molecular weight excluding hydrogens is 725 g/mol. The number of benzene rings is 9. The van der Waals surface area contributed by atoms with Crippen LogP contribution in [0, 0.1) is 0 Å². The van der Waals surface area contributed by atoms with E-state index in [0.717, 1.165) is 17.1 Å². The first kappa shape index (κ1) is 35.7. The Labute approximate surface area is 352 Å². The van der Waals surface area contributed by atoms with E-state index in [0.29, 0.717) is 0 Å². The summed E-state index contributed by atoms with van der Waals surface area (Å²) in [5.41, 5.74) is 16.4. The Balaban J connectivity index is 1.17. The van der Waals surface area contributed by atoms with Crippen LogP contribution in [0.3, 0.4) is 0 Å². The Morgan fingerprint density at radius 3 is 1.55 bits per heavy atom. The van der Waals surface area contributed by atoms with Crippen LogP contribution in [0.15, 0.2) is 231 Å². The third kappa shape index (κ3) is 5.41. The molecule has 0 atom stereocenters. The average Bonchev–Trinajstić information content (AvgIpc) is 3.77. The summed E-state index contributed by atoms with van der Waals surface area (Å²) in [6, 6.07) is 84.7. The number of hydrogen-bond acceptors (Lipinski definition) is 1. The van der Waals surface area contributed by atoms with Gasteiger partial charge in [0, 0.05) is 38.8 Å². The average molecular weight is 769 g/mol. The summed E-state index contributed by atoms with van der Waals surface area (Å²) < 4.78 is 2.39. The van der Waals surface area contributed by atoms with Gasteiger partial charge >= 0.3 is 0 Å². The molecule has 0 fully saturated rings. The van der Waals surface area contributed by atoms with Gasteiger partial charge in [-0.25, -0.2) is 0 Å². The van der Waals surface area contributed by atoms with Crippen LogP contribution in [0.4, 0.5) is 17.1 Å². The molecule has 1 aromatic heterocycles. The van der Waals surface area contributed by atoms with E-state index in [1.54, 1.807) is 0 Å². The zero-order chi connectivity index (χ0) is 40.3. The van der Waals surface area contributed by atoms with Crippen molar-refractivity contribution < 1.29 is 0 Å². The van der Waals surface area contributed by atoms with Crippen LogP contribution < -0.4 is 4.90 Å². The molecule has 0 unspecified atom stereocenters. The highest BCUT2D eigenvalue weighted by Gasteiger charge is 2.40. The van der Waals surface area contributed by atoms with Crippen molar-refractivity contribution in [3.8, 4) is 16.8 Å². The number of hydrogen-bond donors (Lipinski definition) is 0. The van der Waals surface area contributed by atoms with Crippen molar-refractivity contribution in [3.63, 3.8) is 0 Å². The van der Waals surface area contributed by atoms with E-state index in [1.165, 1.54) is 72.0 Å². The van der Waals surface area contributed by atoms with E-state index in [2.05, 4.69) is 254 Å². The predicted octanol–water partition coefficient (Wildman–Crippen LogP) is 14.9. The maximum Gasteiger partial charge on any atom is 0.0701 e. The first-order valence-corrected chi connectivity index (χ1v) is 20.9. The molecule has 2 nitrogen and oxygen atoms in total. The molecule has 9 aromatic carbocycles. The molecular formula is C58H44N2. The molecule has 60 heavy (non-hydrogen) atoms. The third-order valence-electron chi connectivity index (χ3n) is 12.9. The van der Waals surface area contributed by atoms with Crippen LogP contribution in [0.25, 0.3) is 38.6 Å². The van der Waals surface area contributed by atoms with Gasteiger partial charge in [-0.1, -0.05) is 190 Å². The van der Waals surface area contributed by atoms with Crippen molar-refractivity contribution in [2.24, 2.45) is 0 Å². The SMILES string of the molecule is CC1(C)c2ccccc2-c2c(N(c3ccc(C(c4ccccc4)(c4ccccc4)c4ccccc4)cc3)c3ccc4c(c3)c3ccccc3n4-c3ccccc3)cccc21. The lowest BCUT2D eigenvalue weighted by atomic mass is 9.65. The van der Waals surface area contributed by atoms with Crippen molar-refractivity contribution in [3.05, 3.63) is 264 Å². The van der Waals surface area contributed by atoms with Crippen LogP contribution >= 0.6 is 0 Å². The summed E-state index contributed by atoms with van der Waals surface area (Å²) in [5, 5.41) is 2.45. The largest absolute Gasteiger partial charge is 0.310 e. The second kappa shape index (κ2) is 14.1. The maximum absolute atomic E-state index is 2.49. The molecule has 286 valence electrons. The monoisotopic (exact) mass is 768 g/mol. The fourth-order valence-electron chi connectivity index (χ4n) is 10.2. The summed E-state index contributed by atoms with van der Waals surface area (Å²) in [6.45, 7) is 4.73. The fraction of sp³-hybridized carbons (Fsp3) is 0.0690. The summed E-state index contributed by atoms with van der Waals surface area (Å²) in [6.07, 6.45) is 0. The van der Waals surface area contributed by atoms with Gasteiger partial charge in [-0.3, -0.25) is 0 Å². The standard InChI is InChI=1S/C58H44N2/c1-57(2)51-30-17-15-29-49(51)56-52(57)31-19-33-55(56)59(47-38-39-54-50(40-47)48-28-16-18-32-53(48)60(54)45-26-13-6-14-27-45)46-36-34-44(35-37-46)58(41-20-7-3-8-21-41,42-22-9-4-10-23-42)43-24-11-5-12-25-43/h3-40H,1-2H3. The molecule has 10 aromatic rings. The normalized spacial score (nSPS) is 13.0. The van der Waals surface area contributed by atoms with Crippen molar-refractivity contribution in [1.29, 1.82) is 0 Å². The van der Waals surface area contributed by atoms with E-state index in [1.807, 2.05) is 0 Å². The molecule has 2 heteroatoms. The number of fused-ring (bicyclic) bond motifs is 6. The van der Waals surface area contributed by atoms with Gasteiger partial charge in [-0.2, -0.15) is 0 Å². The molecule has 0 spiro atoms. The Bertz CT molecular complexity index is 3050. The smallest absolute Gasteiger partial charge is 0.0701 e. The summed E-state index contributed by atoms with van der Waals surface area (Å²) in [4.78, 5) is 2.49. The summed E-state index contributed by atoms with van der Waals surface area (Å²) >= 11 is 0. The number of anilines is 3. The lowest BCUT2D eigenvalue weighted by Gasteiger charge is -2.37. The zero-order valence-corrected chi connectivity index (χ0v) is 33.8. The van der Waals surface area contributed by atoms with Gasteiger partial charge in [-0.15, -0.1) is 0 Å². The third-order valence-corrected chi connectivity index (χ3v) is 12.9. The summed E-state index contributed by atoms with van der Waals surface area (Å²) in [7, 11) is 0. The zero-order valence-electron chi connectivity index (χ0n) is 33.8. The predicted molar refractivity (Wildman–Crippen MR) is 251 cm³/mol. The Morgan fingerprint density at radius 2 is 0.900 bits per heavy atom. The number of para-hydroxylation sites is 2. The van der Waals surface area contributed by atoms with E-state index < -0.39 is 5.41 Å². The Morgan fingerprint density at radius 1 is 0.400 bits per heavy atom. The molecule has 1 aliphatic rings. The van der Waals surface area contributed by atoms with Crippen LogP contribution in [0.5, 0.6) is 0 Å². The van der Waals surface area contributed by atoms with Crippen LogP contribution in [-0.2, 0) is 10.8 Å². The van der Waals surface area contributed by atoms with Gasteiger partial charge in [0.25, 0.3) is 0 Å². The minimum absolute atomic E-state index is 0.134. The Kier molecular flexibility index (Phi) is 8.42. The molecule has 0 radical (unpaired) electrons. The second-order valence-corrected chi connectivity index (χ2v) is 16.5. The van der Waals surface area contributed by atoms with Gasteiger partial charge in [0.15, 0.2) is 0 Å². The molecule has 0 saturated heterocycles. The molecule has 11 rings (SSSR count). The Hall–Kier alpha value is -7.42. The molecule has 0 bridgehead atoms. The molecule has 1 aliphatic carbocycles. The molecule has 0 amide bonds. The maximum atomic E-state index is 2.49. The van der Waals surface area contributed by atoms with Gasteiger partial charge in [0.05, 0.1) is 22.1 Å². The first-order valence-electron chi connectivity index (χ1n) is 20.9. The van der Waals surface area contributed by atoms with E-state index in [-0.39, 0.29) is 5.41 Å². The molecule has 1 heterocycles. The minimum Gasteiger partial charge on any atom is -0.310 e. The van der Waals surface area contributed by atoms with Gasteiger partial charge < -0.3 is 9.47 Å². The van der Waals surface area contributed by atoms with E-state index in [4.69, 9.17) is 0 Å². The van der Waals surface area contributed by atoms with Gasteiger partial charge in [-0.05, 0) is 93.5 Å². The number of aromatic nitrogens is 1. The lowest BCUT2D eigenvalue weighted by Crippen LogP contribution is -2.31. The van der Waals surface area contributed by atoms with Crippen LogP contribution in [0.1, 0.15) is 47.2 Å². The van der Waals surface area contributed by atoms with Crippen molar-refractivity contribution in [2.45, 2.75) is 24.7 Å². The highest BCUT2D eigenvalue weighted by atomic mass is 15.1. The molecule has 0 aliphatic heterocycles. The highest BCUT2D eigenvalue weighted by Crippen LogP contribution is 2.55. The molecule has 0 saturated carbocycles. The van der Waals surface area contributed by atoms with Crippen molar-refractivity contribution in [2.75, 3.05) is 4.90 Å². The number of nitrogens with zero attached hydrogens (tertiary/aromatic N) is 2. The summed E-state index contributed by atoms with van der Waals surface area (Å²) in [5.74, 6) is 0. The van der Waals surface area contributed by atoms with Crippen molar-refractivity contribution in [1.82, 2.24) is 4.57 Å².